The third-order valence-corrected chi connectivity index (χ3v) is 10.1. The molecule has 10 aromatic rings. The summed E-state index contributed by atoms with van der Waals surface area (Å²) in [6, 6.07) is 70.4. The van der Waals surface area contributed by atoms with Crippen molar-refractivity contribution in [3.8, 4) is 44.8 Å². The highest BCUT2D eigenvalue weighted by molar-refractivity contribution is 6.16. The summed E-state index contributed by atoms with van der Waals surface area (Å²) in [7, 11) is 0. The van der Waals surface area contributed by atoms with Gasteiger partial charge >= 0.3 is 0 Å². The number of fused-ring (bicyclic) bond motifs is 6. The van der Waals surface area contributed by atoms with Crippen LogP contribution in [0.2, 0.25) is 0 Å². The lowest BCUT2D eigenvalue weighted by atomic mass is 9.95. The van der Waals surface area contributed by atoms with Gasteiger partial charge in [-0.15, -0.1) is 0 Å². The lowest BCUT2D eigenvalue weighted by molar-refractivity contribution is 1.18. The Labute approximate surface area is 290 Å². The van der Waals surface area contributed by atoms with Crippen LogP contribution in [-0.4, -0.2) is 9.13 Å². The predicted octanol–water partition coefficient (Wildman–Crippen LogP) is 12.9. The van der Waals surface area contributed by atoms with E-state index in [1.54, 1.807) is 0 Å². The second-order valence-electron chi connectivity index (χ2n) is 12.9. The fourth-order valence-corrected chi connectivity index (χ4v) is 7.92. The van der Waals surface area contributed by atoms with Crippen LogP contribution in [0.1, 0.15) is 0 Å². The van der Waals surface area contributed by atoms with E-state index in [-0.39, 0.29) is 0 Å². The van der Waals surface area contributed by atoms with Crippen LogP contribution >= 0.6 is 0 Å². The number of para-hydroxylation sites is 4. The first kappa shape index (κ1) is 28.4. The van der Waals surface area contributed by atoms with E-state index in [9.17, 15) is 0 Å². The minimum absolute atomic E-state index is 1.17. The highest BCUT2D eigenvalue weighted by Crippen LogP contribution is 2.41. The molecule has 2 aromatic heterocycles. The van der Waals surface area contributed by atoms with Gasteiger partial charge in [-0.05, 0) is 82.4 Å². The van der Waals surface area contributed by atoms with Crippen LogP contribution in [0.5, 0.6) is 0 Å². The normalized spacial score (nSPS) is 11.6. The number of hydrogen-bond donors (Lipinski definition) is 0. The molecule has 0 radical (unpaired) electrons. The van der Waals surface area contributed by atoms with Crippen molar-refractivity contribution in [2.24, 2.45) is 0 Å². The molecule has 0 aliphatic heterocycles. The molecule has 2 heterocycles. The Kier molecular flexibility index (Phi) is 6.53. The summed E-state index contributed by atoms with van der Waals surface area (Å²) in [5.74, 6) is 0. The van der Waals surface area contributed by atoms with E-state index < -0.39 is 0 Å². The molecule has 2 nitrogen and oxygen atoms in total. The summed E-state index contributed by atoms with van der Waals surface area (Å²) < 4.78 is 4.83. The molecule has 234 valence electrons. The predicted molar refractivity (Wildman–Crippen MR) is 211 cm³/mol. The number of nitrogens with zero attached hydrogens (tertiary/aromatic N) is 2. The summed E-state index contributed by atoms with van der Waals surface area (Å²) in [5, 5.41) is 5.04. The summed E-state index contributed by atoms with van der Waals surface area (Å²) in [4.78, 5) is 0. The minimum Gasteiger partial charge on any atom is -0.309 e. The molecule has 8 aromatic carbocycles. The maximum Gasteiger partial charge on any atom is 0.0547 e. The van der Waals surface area contributed by atoms with Gasteiger partial charge in [0.05, 0.1) is 27.8 Å². The maximum atomic E-state index is 2.44. The molecule has 0 unspecified atom stereocenters. The van der Waals surface area contributed by atoms with Gasteiger partial charge in [0.2, 0.25) is 0 Å². The largest absolute Gasteiger partial charge is 0.309 e. The molecule has 0 atom stereocenters. The molecular formula is C48H32N2. The maximum absolute atomic E-state index is 2.44. The zero-order valence-corrected chi connectivity index (χ0v) is 27.4. The summed E-state index contributed by atoms with van der Waals surface area (Å²) in [5.41, 5.74) is 14.4. The first-order chi connectivity index (χ1) is 24.8. The van der Waals surface area contributed by atoms with Crippen molar-refractivity contribution in [1.82, 2.24) is 9.13 Å². The number of rotatable bonds is 5. The zero-order valence-electron chi connectivity index (χ0n) is 27.4. The number of hydrogen-bond acceptors (Lipinski definition) is 0. The third-order valence-electron chi connectivity index (χ3n) is 10.1. The summed E-state index contributed by atoms with van der Waals surface area (Å²) >= 11 is 0. The van der Waals surface area contributed by atoms with Crippen LogP contribution in [0, 0.1) is 0 Å². The average Bonchev–Trinajstić information content (AvgIpc) is 3.71. The van der Waals surface area contributed by atoms with Gasteiger partial charge in [-0.25, -0.2) is 0 Å². The van der Waals surface area contributed by atoms with Crippen molar-refractivity contribution in [2.45, 2.75) is 0 Å². The Bertz CT molecular complexity index is 2860. The van der Waals surface area contributed by atoms with Gasteiger partial charge in [-0.2, -0.15) is 0 Å². The Morgan fingerprint density at radius 3 is 1.66 bits per heavy atom. The van der Waals surface area contributed by atoms with E-state index in [2.05, 4.69) is 203 Å². The highest BCUT2D eigenvalue weighted by Gasteiger charge is 2.18. The molecule has 0 spiro atoms. The highest BCUT2D eigenvalue weighted by atomic mass is 15.0. The fraction of sp³-hybridized carbons (Fsp3) is 0. The minimum atomic E-state index is 1.17. The second-order valence-corrected chi connectivity index (χ2v) is 12.9. The smallest absolute Gasteiger partial charge is 0.0547 e. The molecule has 0 aliphatic rings. The van der Waals surface area contributed by atoms with Crippen molar-refractivity contribution < 1.29 is 0 Å². The molecule has 0 saturated carbocycles. The molecule has 0 bridgehead atoms. The molecule has 0 N–H and O–H groups in total. The van der Waals surface area contributed by atoms with Gasteiger partial charge in [-0.3, -0.25) is 0 Å². The topological polar surface area (TPSA) is 9.86 Å². The third kappa shape index (κ3) is 4.43. The van der Waals surface area contributed by atoms with E-state index in [4.69, 9.17) is 0 Å². The van der Waals surface area contributed by atoms with Gasteiger partial charge in [0.25, 0.3) is 0 Å². The fourth-order valence-electron chi connectivity index (χ4n) is 7.92. The van der Waals surface area contributed by atoms with Gasteiger partial charge in [0.1, 0.15) is 0 Å². The van der Waals surface area contributed by atoms with Crippen molar-refractivity contribution in [3.63, 3.8) is 0 Å². The zero-order chi connectivity index (χ0) is 33.0. The Hall–Kier alpha value is -6.64. The van der Waals surface area contributed by atoms with Gasteiger partial charge < -0.3 is 9.13 Å². The van der Waals surface area contributed by atoms with Crippen molar-refractivity contribution in [2.75, 3.05) is 0 Å². The van der Waals surface area contributed by atoms with E-state index in [0.29, 0.717) is 0 Å². The number of benzene rings is 8. The lowest BCUT2D eigenvalue weighted by Gasteiger charge is -2.15. The molecular weight excluding hydrogens is 605 g/mol. The van der Waals surface area contributed by atoms with Crippen molar-refractivity contribution in [1.29, 1.82) is 0 Å². The summed E-state index contributed by atoms with van der Waals surface area (Å²) in [6.45, 7) is 0. The van der Waals surface area contributed by atoms with Crippen molar-refractivity contribution >= 4 is 43.6 Å². The molecule has 0 saturated heterocycles. The molecule has 2 heteroatoms. The Morgan fingerprint density at radius 1 is 0.280 bits per heavy atom. The summed E-state index contributed by atoms with van der Waals surface area (Å²) in [6.07, 6.45) is 0. The van der Waals surface area contributed by atoms with E-state index in [1.807, 2.05) is 0 Å². The second kappa shape index (κ2) is 11.5. The van der Waals surface area contributed by atoms with Crippen LogP contribution in [0.3, 0.4) is 0 Å². The number of aromatic nitrogens is 2. The monoisotopic (exact) mass is 636 g/mol. The lowest BCUT2D eigenvalue weighted by Crippen LogP contribution is -1.97. The first-order valence-electron chi connectivity index (χ1n) is 17.2. The van der Waals surface area contributed by atoms with Gasteiger partial charge in [0.15, 0.2) is 0 Å². The molecule has 0 fully saturated rings. The van der Waals surface area contributed by atoms with Crippen LogP contribution in [0.4, 0.5) is 0 Å². The quantitative estimate of drug-likeness (QED) is 0.178. The van der Waals surface area contributed by atoms with Crippen LogP contribution in [-0.2, 0) is 0 Å². The van der Waals surface area contributed by atoms with E-state index >= 15 is 0 Å². The van der Waals surface area contributed by atoms with E-state index in [0.717, 1.165) is 0 Å². The molecule has 0 aliphatic carbocycles. The molecule has 10 rings (SSSR count). The van der Waals surface area contributed by atoms with Crippen LogP contribution in [0.15, 0.2) is 194 Å². The average molecular weight is 637 g/mol. The Balaban J connectivity index is 1.17. The first-order valence-corrected chi connectivity index (χ1v) is 17.2. The van der Waals surface area contributed by atoms with Gasteiger partial charge in [-0.1, -0.05) is 140 Å². The van der Waals surface area contributed by atoms with Gasteiger partial charge in [0, 0.05) is 32.8 Å². The Morgan fingerprint density at radius 2 is 0.840 bits per heavy atom. The van der Waals surface area contributed by atoms with Crippen molar-refractivity contribution in [3.05, 3.63) is 194 Å². The van der Waals surface area contributed by atoms with Crippen LogP contribution in [0.25, 0.3) is 88.4 Å². The standard InChI is InChI=1S/C48H32N2/c1-3-15-33(16-4-1)34-29-30-46-42(32-34)40-22-8-11-26-44(40)50(46)43-25-10-7-21-38(43)35-17-13-18-36(31-35)39-24-14-28-47-48(39)41-23-9-12-27-45(41)49(47)37-19-5-2-6-20-37/h1-32H. The molecule has 50 heavy (non-hydrogen) atoms. The van der Waals surface area contributed by atoms with E-state index in [1.165, 1.54) is 88.4 Å². The van der Waals surface area contributed by atoms with Crippen LogP contribution < -0.4 is 0 Å². The molecule has 0 amide bonds. The SMILES string of the molecule is c1ccc(-c2ccc3c(c2)c2ccccc2n3-c2ccccc2-c2cccc(-c3cccc4c3c3ccccc3n4-c3ccccc3)c2)cc1.